The van der Waals surface area contributed by atoms with E-state index in [-0.39, 0.29) is 11.2 Å². The Balaban J connectivity index is 1.73. The second-order valence-electron chi connectivity index (χ2n) is 6.06. The summed E-state index contributed by atoms with van der Waals surface area (Å²) in [4.78, 5) is 12.6. The van der Waals surface area contributed by atoms with Crippen LogP contribution >= 0.6 is 11.8 Å². The van der Waals surface area contributed by atoms with Crippen molar-refractivity contribution in [3.63, 3.8) is 0 Å². The number of rotatable bonds is 6. The lowest BCUT2D eigenvalue weighted by atomic mass is 9.97. The van der Waals surface area contributed by atoms with E-state index in [9.17, 15) is 4.79 Å². The third-order valence-electron chi connectivity index (χ3n) is 4.30. The molecule has 2 atom stereocenters. The van der Waals surface area contributed by atoms with Crippen LogP contribution in [0.2, 0.25) is 0 Å². The van der Waals surface area contributed by atoms with Crippen LogP contribution < -0.4 is 5.32 Å². The molecule has 2 heterocycles. The van der Waals surface area contributed by atoms with E-state index in [1.165, 1.54) is 17.3 Å². The monoisotopic (exact) mass is 354 g/mol. The SMILES string of the molecule is CC[C@@H](C)c1ccccc1NC(=O)[C@@H](C)Sc1nnc2ccccn12. The Morgan fingerprint density at radius 3 is 2.72 bits per heavy atom. The lowest BCUT2D eigenvalue weighted by molar-refractivity contribution is -0.115. The first kappa shape index (κ1) is 17.5. The molecular formula is C19H22N4OS. The number of aromatic nitrogens is 3. The van der Waals surface area contributed by atoms with Crippen molar-refractivity contribution in [1.29, 1.82) is 0 Å². The van der Waals surface area contributed by atoms with E-state index in [1.807, 2.05) is 53.9 Å². The highest BCUT2D eigenvalue weighted by atomic mass is 32.2. The molecule has 0 spiro atoms. The van der Waals surface area contributed by atoms with Gasteiger partial charge in [0, 0.05) is 11.9 Å². The highest BCUT2D eigenvalue weighted by Gasteiger charge is 2.19. The van der Waals surface area contributed by atoms with Gasteiger partial charge in [0.25, 0.3) is 0 Å². The minimum Gasteiger partial charge on any atom is -0.325 e. The predicted octanol–water partition coefficient (Wildman–Crippen LogP) is 4.36. The van der Waals surface area contributed by atoms with Gasteiger partial charge in [-0.1, -0.05) is 49.9 Å². The number of pyridine rings is 1. The van der Waals surface area contributed by atoms with Crippen LogP contribution in [0.5, 0.6) is 0 Å². The lowest BCUT2D eigenvalue weighted by Gasteiger charge is -2.17. The molecule has 0 fully saturated rings. The Morgan fingerprint density at radius 1 is 1.16 bits per heavy atom. The molecule has 5 nitrogen and oxygen atoms in total. The van der Waals surface area contributed by atoms with Gasteiger partial charge in [-0.3, -0.25) is 9.20 Å². The number of carbonyl (C=O) groups excluding carboxylic acids is 1. The van der Waals surface area contributed by atoms with Crippen molar-refractivity contribution in [2.24, 2.45) is 0 Å². The predicted molar refractivity (Wildman–Crippen MR) is 102 cm³/mol. The van der Waals surface area contributed by atoms with Gasteiger partial charge in [-0.15, -0.1) is 10.2 Å². The summed E-state index contributed by atoms with van der Waals surface area (Å²) in [5.74, 6) is 0.369. The summed E-state index contributed by atoms with van der Waals surface area (Å²) < 4.78 is 1.89. The maximum absolute atomic E-state index is 12.6. The van der Waals surface area contributed by atoms with E-state index in [2.05, 4.69) is 35.4 Å². The zero-order valence-corrected chi connectivity index (χ0v) is 15.5. The number of amides is 1. The molecule has 3 aromatic rings. The molecule has 0 bridgehead atoms. The lowest BCUT2D eigenvalue weighted by Crippen LogP contribution is -2.23. The van der Waals surface area contributed by atoms with Gasteiger partial charge in [0.05, 0.1) is 5.25 Å². The number of nitrogens with one attached hydrogen (secondary N) is 1. The standard InChI is InChI=1S/C19H22N4OS/c1-4-13(2)15-9-5-6-10-16(15)20-18(24)14(3)25-19-22-21-17-11-7-8-12-23(17)19/h5-14H,4H2,1-3H3,(H,20,24)/t13-,14-/m1/s1. The molecule has 0 saturated carbocycles. The van der Waals surface area contributed by atoms with Crippen molar-refractivity contribution in [2.75, 3.05) is 5.32 Å². The fourth-order valence-corrected chi connectivity index (χ4v) is 3.44. The maximum Gasteiger partial charge on any atom is 0.237 e. The summed E-state index contributed by atoms with van der Waals surface area (Å²) in [6.45, 7) is 6.21. The summed E-state index contributed by atoms with van der Waals surface area (Å²) in [5.41, 5.74) is 2.84. The van der Waals surface area contributed by atoms with E-state index in [1.54, 1.807) is 0 Å². The molecular weight excluding hydrogens is 332 g/mol. The molecule has 6 heteroatoms. The number of hydrogen-bond acceptors (Lipinski definition) is 4. The molecule has 0 radical (unpaired) electrons. The highest BCUT2D eigenvalue weighted by Crippen LogP contribution is 2.28. The Hall–Kier alpha value is -2.34. The number of hydrogen-bond donors (Lipinski definition) is 1. The summed E-state index contributed by atoms with van der Waals surface area (Å²) >= 11 is 1.40. The number of fused-ring (bicyclic) bond motifs is 1. The normalized spacial score (nSPS) is 13.6. The van der Waals surface area contributed by atoms with Crippen LogP contribution in [0.4, 0.5) is 5.69 Å². The van der Waals surface area contributed by atoms with E-state index < -0.39 is 0 Å². The zero-order chi connectivity index (χ0) is 17.8. The first-order valence-corrected chi connectivity index (χ1v) is 9.34. The van der Waals surface area contributed by atoms with E-state index >= 15 is 0 Å². The molecule has 130 valence electrons. The first-order valence-electron chi connectivity index (χ1n) is 8.46. The van der Waals surface area contributed by atoms with Gasteiger partial charge in [-0.05, 0) is 43.0 Å². The molecule has 0 unspecified atom stereocenters. The largest absolute Gasteiger partial charge is 0.325 e. The van der Waals surface area contributed by atoms with Crippen molar-refractivity contribution in [2.45, 2.75) is 43.5 Å². The number of nitrogens with zero attached hydrogens (tertiary/aromatic N) is 3. The maximum atomic E-state index is 12.6. The number of anilines is 1. The molecule has 1 amide bonds. The Morgan fingerprint density at radius 2 is 1.92 bits per heavy atom. The molecule has 0 aliphatic carbocycles. The average molecular weight is 354 g/mol. The number of para-hydroxylation sites is 1. The highest BCUT2D eigenvalue weighted by molar-refractivity contribution is 8.00. The van der Waals surface area contributed by atoms with Gasteiger partial charge in [0.2, 0.25) is 5.91 Å². The molecule has 3 rings (SSSR count). The van der Waals surface area contributed by atoms with Crippen molar-refractivity contribution >= 4 is 29.0 Å². The smallest absolute Gasteiger partial charge is 0.237 e. The fourth-order valence-electron chi connectivity index (χ4n) is 2.61. The van der Waals surface area contributed by atoms with Gasteiger partial charge in [0.1, 0.15) is 0 Å². The molecule has 25 heavy (non-hydrogen) atoms. The Bertz CT molecular complexity index is 876. The third-order valence-corrected chi connectivity index (χ3v) is 5.35. The Labute approximate surface area is 151 Å². The summed E-state index contributed by atoms with van der Waals surface area (Å²) in [5, 5.41) is 11.8. The second kappa shape index (κ2) is 7.70. The van der Waals surface area contributed by atoms with Gasteiger partial charge >= 0.3 is 0 Å². The number of thioether (sulfide) groups is 1. The van der Waals surface area contributed by atoms with Crippen LogP contribution in [0.25, 0.3) is 5.65 Å². The van der Waals surface area contributed by atoms with E-state index in [4.69, 9.17) is 0 Å². The molecule has 2 aromatic heterocycles. The topological polar surface area (TPSA) is 59.3 Å². The molecule has 0 saturated heterocycles. The van der Waals surface area contributed by atoms with Crippen LogP contribution in [0.1, 0.15) is 38.7 Å². The van der Waals surface area contributed by atoms with Crippen molar-refractivity contribution < 1.29 is 4.79 Å². The summed E-state index contributed by atoms with van der Waals surface area (Å²) in [7, 11) is 0. The van der Waals surface area contributed by atoms with Crippen LogP contribution in [0.15, 0.2) is 53.8 Å². The van der Waals surface area contributed by atoms with E-state index in [0.717, 1.165) is 17.8 Å². The number of carbonyl (C=O) groups is 1. The summed E-state index contributed by atoms with van der Waals surface area (Å²) in [6.07, 6.45) is 2.93. The van der Waals surface area contributed by atoms with Crippen LogP contribution in [0.3, 0.4) is 0 Å². The molecule has 1 aromatic carbocycles. The van der Waals surface area contributed by atoms with Gasteiger partial charge in [0.15, 0.2) is 10.8 Å². The minimum absolute atomic E-state index is 0.0339. The number of benzene rings is 1. The van der Waals surface area contributed by atoms with E-state index in [0.29, 0.717) is 11.1 Å². The van der Waals surface area contributed by atoms with Crippen LogP contribution in [-0.4, -0.2) is 25.8 Å². The fraction of sp³-hybridized carbons (Fsp3) is 0.316. The Kier molecular flexibility index (Phi) is 5.38. The van der Waals surface area contributed by atoms with Gasteiger partial charge in [-0.25, -0.2) is 0 Å². The van der Waals surface area contributed by atoms with Crippen molar-refractivity contribution in [3.8, 4) is 0 Å². The quantitative estimate of drug-likeness (QED) is 0.668. The van der Waals surface area contributed by atoms with Crippen LogP contribution in [0, 0.1) is 0 Å². The van der Waals surface area contributed by atoms with Crippen LogP contribution in [-0.2, 0) is 4.79 Å². The minimum atomic E-state index is -0.280. The van der Waals surface area contributed by atoms with Crippen molar-refractivity contribution in [3.05, 3.63) is 54.2 Å². The zero-order valence-electron chi connectivity index (χ0n) is 14.6. The molecule has 0 aliphatic heterocycles. The average Bonchev–Trinajstić information content (AvgIpc) is 3.04. The molecule has 0 aliphatic rings. The molecule has 1 N–H and O–H groups in total. The van der Waals surface area contributed by atoms with Gasteiger partial charge in [-0.2, -0.15) is 0 Å². The second-order valence-corrected chi connectivity index (χ2v) is 7.37. The first-order chi connectivity index (χ1) is 12.1. The third kappa shape index (κ3) is 3.85. The summed E-state index contributed by atoms with van der Waals surface area (Å²) in [6, 6.07) is 13.7. The van der Waals surface area contributed by atoms with Gasteiger partial charge < -0.3 is 5.32 Å². The van der Waals surface area contributed by atoms with Crippen molar-refractivity contribution in [1.82, 2.24) is 14.6 Å².